The lowest BCUT2D eigenvalue weighted by molar-refractivity contribution is 0.244. The molecule has 0 amide bonds. The maximum absolute atomic E-state index is 13.7. The molecular formula is C15H19F2NO. The predicted octanol–water partition coefficient (Wildman–Crippen LogP) is 4.41. The quantitative estimate of drug-likeness (QED) is 0.891. The van der Waals surface area contributed by atoms with Crippen molar-refractivity contribution in [3.05, 3.63) is 35.6 Å². The summed E-state index contributed by atoms with van der Waals surface area (Å²) >= 11 is 0. The zero-order valence-corrected chi connectivity index (χ0v) is 11.7. The first-order valence-electron chi connectivity index (χ1n) is 6.45. The molecule has 2 rings (SSSR count). The molecule has 0 saturated heterocycles. The van der Waals surface area contributed by atoms with Gasteiger partial charge >= 0.3 is 0 Å². The lowest BCUT2D eigenvalue weighted by Gasteiger charge is -2.29. The van der Waals surface area contributed by atoms with Crippen LogP contribution in [0.4, 0.5) is 8.78 Å². The SMILES string of the molecule is CCNC(c1cc2ccc(F)c(F)c2o1)C(C)(C)C. The molecule has 0 radical (unpaired) electrons. The van der Waals surface area contributed by atoms with Crippen LogP contribution in [0.2, 0.25) is 0 Å². The van der Waals surface area contributed by atoms with Gasteiger partial charge in [-0.2, -0.15) is 4.39 Å². The number of benzene rings is 1. The summed E-state index contributed by atoms with van der Waals surface area (Å²) in [5.74, 6) is -1.18. The third-order valence-corrected chi connectivity index (χ3v) is 3.16. The Morgan fingerprint density at radius 3 is 2.53 bits per heavy atom. The van der Waals surface area contributed by atoms with Gasteiger partial charge in [-0.3, -0.25) is 0 Å². The van der Waals surface area contributed by atoms with Gasteiger partial charge in [-0.1, -0.05) is 27.7 Å². The number of nitrogens with one attached hydrogen (secondary N) is 1. The van der Waals surface area contributed by atoms with Crippen LogP contribution in [0.1, 0.15) is 39.5 Å². The van der Waals surface area contributed by atoms with E-state index in [4.69, 9.17) is 4.42 Å². The normalized spacial score (nSPS) is 14.0. The molecule has 4 heteroatoms. The van der Waals surface area contributed by atoms with E-state index in [1.807, 2.05) is 6.92 Å². The van der Waals surface area contributed by atoms with Crippen LogP contribution in [0.15, 0.2) is 22.6 Å². The first-order chi connectivity index (χ1) is 8.84. The van der Waals surface area contributed by atoms with Gasteiger partial charge in [0.25, 0.3) is 0 Å². The molecule has 2 aromatic rings. The molecule has 2 nitrogen and oxygen atoms in total. The van der Waals surface area contributed by atoms with Gasteiger partial charge in [0.1, 0.15) is 5.76 Å². The first kappa shape index (κ1) is 14.0. The van der Waals surface area contributed by atoms with Gasteiger partial charge in [-0.25, -0.2) is 4.39 Å². The van der Waals surface area contributed by atoms with E-state index in [-0.39, 0.29) is 17.0 Å². The third-order valence-electron chi connectivity index (χ3n) is 3.16. The zero-order chi connectivity index (χ0) is 14.2. The van der Waals surface area contributed by atoms with Gasteiger partial charge in [-0.05, 0) is 30.2 Å². The van der Waals surface area contributed by atoms with Crippen LogP contribution in [-0.2, 0) is 0 Å². The molecule has 0 spiro atoms. The molecule has 1 atom stereocenters. The summed E-state index contributed by atoms with van der Waals surface area (Å²) in [5.41, 5.74) is -0.0963. The highest BCUT2D eigenvalue weighted by Gasteiger charge is 2.29. The molecule has 104 valence electrons. The molecule has 1 unspecified atom stereocenters. The van der Waals surface area contributed by atoms with Gasteiger partial charge in [0, 0.05) is 5.39 Å². The summed E-state index contributed by atoms with van der Waals surface area (Å²) in [4.78, 5) is 0. The van der Waals surface area contributed by atoms with Gasteiger partial charge in [0.2, 0.25) is 5.82 Å². The summed E-state index contributed by atoms with van der Waals surface area (Å²) in [6, 6.07) is 4.38. The summed E-state index contributed by atoms with van der Waals surface area (Å²) in [6.45, 7) is 9.00. The second-order valence-corrected chi connectivity index (χ2v) is 5.79. The van der Waals surface area contributed by atoms with Crippen LogP contribution in [0.3, 0.4) is 0 Å². The molecule has 1 aromatic carbocycles. The molecule has 1 N–H and O–H groups in total. The van der Waals surface area contributed by atoms with Crippen molar-refractivity contribution in [3.63, 3.8) is 0 Å². The largest absolute Gasteiger partial charge is 0.456 e. The molecule has 0 aliphatic carbocycles. The predicted molar refractivity (Wildman–Crippen MR) is 72.0 cm³/mol. The minimum Gasteiger partial charge on any atom is -0.456 e. The lowest BCUT2D eigenvalue weighted by Crippen LogP contribution is -2.31. The Morgan fingerprint density at radius 2 is 1.95 bits per heavy atom. The summed E-state index contributed by atoms with van der Waals surface area (Å²) in [5, 5.41) is 3.91. The Balaban J connectivity index is 2.53. The van der Waals surface area contributed by atoms with Crippen molar-refractivity contribution in [2.24, 2.45) is 5.41 Å². The van der Waals surface area contributed by atoms with Crippen molar-refractivity contribution in [1.29, 1.82) is 0 Å². The number of rotatable bonds is 3. The second kappa shape index (κ2) is 4.93. The second-order valence-electron chi connectivity index (χ2n) is 5.79. The van der Waals surface area contributed by atoms with Gasteiger partial charge in [0.15, 0.2) is 11.4 Å². The average molecular weight is 267 g/mol. The van der Waals surface area contributed by atoms with Crippen LogP contribution in [0.5, 0.6) is 0 Å². The molecule has 0 bridgehead atoms. The summed E-state index contributed by atoms with van der Waals surface area (Å²) in [6.07, 6.45) is 0. The van der Waals surface area contributed by atoms with E-state index in [1.54, 1.807) is 6.07 Å². The topological polar surface area (TPSA) is 25.2 Å². The van der Waals surface area contributed by atoms with E-state index in [0.717, 1.165) is 12.6 Å². The van der Waals surface area contributed by atoms with Crippen molar-refractivity contribution in [1.82, 2.24) is 5.32 Å². The zero-order valence-electron chi connectivity index (χ0n) is 11.7. The highest BCUT2D eigenvalue weighted by atomic mass is 19.2. The minimum atomic E-state index is -0.923. The number of fused-ring (bicyclic) bond motifs is 1. The standard InChI is InChI=1S/C15H19F2NO/c1-5-18-14(15(2,3)4)11-8-9-6-7-10(16)12(17)13(9)19-11/h6-8,14,18H,5H2,1-4H3. The summed E-state index contributed by atoms with van der Waals surface area (Å²) < 4.78 is 32.4. The minimum absolute atomic E-state index is 0.0119. The maximum atomic E-state index is 13.7. The van der Waals surface area contributed by atoms with E-state index in [0.29, 0.717) is 11.1 Å². The Kier molecular flexibility index (Phi) is 3.63. The van der Waals surface area contributed by atoms with E-state index in [2.05, 4.69) is 26.1 Å². The average Bonchev–Trinajstić information content (AvgIpc) is 2.73. The Morgan fingerprint density at radius 1 is 1.26 bits per heavy atom. The summed E-state index contributed by atoms with van der Waals surface area (Å²) in [7, 11) is 0. The number of hydrogen-bond donors (Lipinski definition) is 1. The molecule has 1 aromatic heterocycles. The van der Waals surface area contributed by atoms with Crippen LogP contribution < -0.4 is 5.32 Å². The smallest absolute Gasteiger partial charge is 0.201 e. The van der Waals surface area contributed by atoms with Crippen LogP contribution in [0.25, 0.3) is 11.0 Å². The van der Waals surface area contributed by atoms with Crippen molar-refractivity contribution >= 4 is 11.0 Å². The molecule has 19 heavy (non-hydrogen) atoms. The van der Waals surface area contributed by atoms with Gasteiger partial charge < -0.3 is 9.73 Å². The fourth-order valence-electron chi connectivity index (χ4n) is 2.24. The molecular weight excluding hydrogens is 248 g/mol. The van der Waals surface area contributed by atoms with E-state index in [9.17, 15) is 8.78 Å². The van der Waals surface area contributed by atoms with Crippen molar-refractivity contribution in [2.45, 2.75) is 33.7 Å². The highest BCUT2D eigenvalue weighted by Crippen LogP contribution is 2.36. The molecule has 0 saturated carbocycles. The molecule has 0 aliphatic rings. The van der Waals surface area contributed by atoms with E-state index in [1.165, 1.54) is 6.07 Å². The Labute approximate surface area is 111 Å². The molecule has 0 fully saturated rings. The maximum Gasteiger partial charge on any atom is 0.201 e. The number of furan rings is 1. The van der Waals surface area contributed by atoms with Crippen LogP contribution in [-0.4, -0.2) is 6.54 Å². The molecule has 0 aliphatic heterocycles. The Hall–Kier alpha value is -1.42. The lowest BCUT2D eigenvalue weighted by atomic mass is 9.85. The third kappa shape index (κ3) is 2.63. The highest BCUT2D eigenvalue weighted by molar-refractivity contribution is 5.78. The van der Waals surface area contributed by atoms with E-state index < -0.39 is 11.6 Å². The number of hydrogen-bond acceptors (Lipinski definition) is 2. The first-order valence-corrected chi connectivity index (χ1v) is 6.45. The molecule has 1 heterocycles. The van der Waals surface area contributed by atoms with Crippen LogP contribution in [0, 0.1) is 17.0 Å². The van der Waals surface area contributed by atoms with Crippen molar-refractivity contribution in [3.8, 4) is 0 Å². The fourth-order valence-corrected chi connectivity index (χ4v) is 2.24. The van der Waals surface area contributed by atoms with Crippen molar-refractivity contribution < 1.29 is 13.2 Å². The monoisotopic (exact) mass is 267 g/mol. The van der Waals surface area contributed by atoms with E-state index >= 15 is 0 Å². The number of halogens is 2. The Bertz CT molecular complexity index is 584. The van der Waals surface area contributed by atoms with Gasteiger partial charge in [-0.15, -0.1) is 0 Å². The fraction of sp³-hybridized carbons (Fsp3) is 0.467. The van der Waals surface area contributed by atoms with Crippen molar-refractivity contribution in [2.75, 3.05) is 6.54 Å². The van der Waals surface area contributed by atoms with Gasteiger partial charge in [0.05, 0.1) is 6.04 Å². The van der Waals surface area contributed by atoms with Crippen LogP contribution >= 0.6 is 0 Å².